The molecule has 2 aromatic rings. The normalized spacial score (nSPS) is 11.9. The molecule has 0 aromatic heterocycles. The Morgan fingerprint density at radius 3 is 2.44 bits per heavy atom. The van der Waals surface area contributed by atoms with Crippen LogP contribution in [0.5, 0.6) is 5.75 Å². The van der Waals surface area contributed by atoms with Crippen molar-refractivity contribution in [3.63, 3.8) is 0 Å². The molecule has 0 radical (unpaired) electrons. The van der Waals surface area contributed by atoms with E-state index in [9.17, 15) is 25.1 Å². The molecule has 0 bridgehead atoms. The maximum Gasteiger partial charge on any atom is 0.279 e. The van der Waals surface area contributed by atoms with E-state index in [0.717, 1.165) is 12.1 Å². The summed E-state index contributed by atoms with van der Waals surface area (Å²) in [6.45, 7) is 1.26. The zero-order valence-corrected chi connectivity index (χ0v) is 13.1. The van der Waals surface area contributed by atoms with Crippen LogP contribution in [0.3, 0.4) is 0 Å². The summed E-state index contributed by atoms with van der Waals surface area (Å²) in [6, 6.07) is 11.8. The number of allylic oxidation sites excluding steroid dienone is 1. The van der Waals surface area contributed by atoms with E-state index in [4.69, 9.17) is 0 Å². The standard InChI is InChI=1S/C16H14N4O5/c1-10(21)15(16(23)17-11-5-3-2-4-6-11)19-18-13-8-7-12(20(24)25)9-14(13)22/h2-9,21-22H,1H3,(H,17,23)/b15-10+,19-18?. The molecule has 0 saturated carbocycles. The number of nitrogens with zero attached hydrogens (tertiary/aromatic N) is 3. The largest absolute Gasteiger partial charge is 0.510 e. The van der Waals surface area contributed by atoms with Crippen molar-refractivity contribution >= 4 is 23.0 Å². The van der Waals surface area contributed by atoms with Gasteiger partial charge in [0.25, 0.3) is 11.6 Å². The van der Waals surface area contributed by atoms with E-state index in [1.165, 1.54) is 13.0 Å². The molecule has 9 nitrogen and oxygen atoms in total. The lowest BCUT2D eigenvalue weighted by molar-refractivity contribution is -0.384. The van der Waals surface area contributed by atoms with Gasteiger partial charge in [-0.1, -0.05) is 18.2 Å². The highest BCUT2D eigenvalue weighted by atomic mass is 16.6. The third-order valence-corrected chi connectivity index (χ3v) is 3.02. The SMILES string of the molecule is C/C(O)=C(\N=Nc1ccc([N+](=O)[O-])cc1O)C(=O)Nc1ccccc1. The molecule has 128 valence electrons. The average molecular weight is 342 g/mol. The molecule has 1 amide bonds. The van der Waals surface area contributed by atoms with Gasteiger partial charge in [-0.2, -0.15) is 0 Å². The predicted molar refractivity (Wildman–Crippen MR) is 89.7 cm³/mol. The number of para-hydroxylation sites is 1. The number of phenols is 1. The molecule has 0 aliphatic rings. The lowest BCUT2D eigenvalue weighted by Gasteiger charge is -2.05. The molecular formula is C16H14N4O5. The second-order valence-corrected chi connectivity index (χ2v) is 4.88. The smallest absolute Gasteiger partial charge is 0.279 e. The van der Waals surface area contributed by atoms with Gasteiger partial charge in [-0.15, -0.1) is 10.2 Å². The molecule has 0 aliphatic heterocycles. The summed E-state index contributed by atoms with van der Waals surface area (Å²) < 4.78 is 0. The number of amides is 1. The predicted octanol–water partition coefficient (Wildman–Crippen LogP) is 3.81. The van der Waals surface area contributed by atoms with Gasteiger partial charge in [0.1, 0.15) is 17.2 Å². The molecular weight excluding hydrogens is 328 g/mol. The van der Waals surface area contributed by atoms with E-state index in [2.05, 4.69) is 15.5 Å². The Labute approximate surface area is 142 Å². The topological polar surface area (TPSA) is 137 Å². The molecule has 0 unspecified atom stereocenters. The first-order valence-electron chi connectivity index (χ1n) is 7.04. The van der Waals surface area contributed by atoms with Gasteiger partial charge in [-0.05, 0) is 25.1 Å². The highest BCUT2D eigenvalue weighted by Crippen LogP contribution is 2.31. The van der Waals surface area contributed by atoms with Gasteiger partial charge in [-0.3, -0.25) is 14.9 Å². The lowest BCUT2D eigenvalue weighted by Crippen LogP contribution is -2.14. The monoisotopic (exact) mass is 342 g/mol. The van der Waals surface area contributed by atoms with Gasteiger partial charge in [-0.25, -0.2) is 0 Å². The van der Waals surface area contributed by atoms with Crippen molar-refractivity contribution in [3.8, 4) is 5.75 Å². The Bertz CT molecular complexity index is 858. The second-order valence-electron chi connectivity index (χ2n) is 4.88. The Hall–Kier alpha value is -3.75. The molecule has 0 atom stereocenters. The van der Waals surface area contributed by atoms with Gasteiger partial charge in [0.15, 0.2) is 5.70 Å². The zero-order valence-electron chi connectivity index (χ0n) is 13.1. The number of aromatic hydroxyl groups is 1. The first kappa shape index (κ1) is 17.6. The number of phenolic OH excluding ortho intramolecular Hbond substituents is 1. The third kappa shape index (κ3) is 4.61. The Morgan fingerprint density at radius 1 is 1.20 bits per heavy atom. The van der Waals surface area contributed by atoms with Crippen LogP contribution in [0.2, 0.25) is 0 Å². The number of aliphatic hydroxyl groups is 1. The van der Waals surface area contributed by atoms with Crippen LogP contribution < -0.4 is 5.32 Å². The number of hydrogen-bond acceptors (Lipinski definition) is 7. The minimum Gasteiger partial charge on any atom is -0.510 e. The van der Waals surface area contributed by atoms with Crippen LogP contribution in [0.25, 0.3) is 0 Å². The minimum atomic E-state index is -0.698. The van der Waals surface area contributed by atoms with Crippen molar-refractivity contribution in [2.45, 2.75) is 6.92 Å². The molecule has 9 heteroatoms. The van der Waals surface area contributed by atoms with Crippen LogP contribution in [0.15, 0.2) is 70.2 Å². The molecule has 0 spiro atoms. The summed E-state index contributed by atoms with van der Waals surface area (Å²) >= 11 is 0. The van der Waals surface area contributed by atoms with Crippen LogP contribution in [0.1, 0.15) is 6.92 Å². The fourth-order valence-electron chi connectivity index (χ4n) is 1.81. The number of benzene rings is 2. The summed E-state index contributed by atoms with van der Waals surface area (Å²) in [4.78, 5) is 22.1. The molecule has 0 heterocycles. The first-order chi connectivity index (χ1) is 11.9. The summed E-state index contributed by atoms with van der Waals surface area (Å²) in [6.07, 6.45) is 0. The zero-order chi connectivity index (χ0) is 18.4. The van der Waals surface area contributed by atoms with Crippen LogP contribution in [0, 0.1) is 10.1 Å². The fourth-order valence-corrected chi connectivity index (χ4v) is 1.81. The minimum absolute atomic E-state index is 0.0862. The first-order valence-corrected chi connectivity index (χ1v) is 7.04. The maximum atomic E-state index is 12.2. The molecule has 0 saturated heterocycles. The number of hydrogen-bond donors (Lipinski definition) is 3. The van der Waals surface area contributed by atoms with Crippen molar-refractivity contribution in [1.29, 1.82) is 0 Å². The average Bonchev–Trinajstić information content (AvgIpc) is 2.56. The van der Waals surface area contributed by atoms with E-state index in [1.54, 1.807) is 30.3 Å². The molecule has 0 fully saturated rings. The van der Waals surface area contributed by atoms with Gasteiger partial charge in [0, 0.05) is 11.8 Å². The highest BCUT2D eigenvalue weighted by Gasteiger charge is 2.14. The van der Waals surface area contributed by atoms with Crippen LogP contribution in [-0.4, -0.2) is 21.0 Å². The maximum absolute atomic E-state index is 12.2. The van der Waals surface area contributed by atoms with E-state index in [1.807, 2.05) is 0 Å². The number of anilines is 1. The fraction of sp³-hybridized carbons (Fsp3) is 0.0625. The summed E-state index contributed by atoms with van der Waals surface area (Å²) in [7, 11) is 0. The van der Waals surface area contributed by atoms with Crippen LogP contribution in [-0.2, 0) is 4.79 Å². The van der Waals surface area contributed by atoms with Gasteiger partial charge in [0.05, 0.1) is 11.0 Å². The quantitative estimate of drug-likeness (QED) is 0.249. The molecule has 2 aromatic carbocycles. The summed E-state index contributed by atoms with van der Waals surface area (Å²) in [5, 5.41) is 39.8. The van der Waals surface area contributed by atoms with Crippen molar-refractivity contribution in [1.82, 2.24) is 0 Å². The number of nitro groups is 1. The summed E-state index contributed by atoms with van der Waals surface area (Å²) in [5.74, 6) is -1.55. The molecule has 3 N–H and O–H groups in total. The number of carbonyl (C=O) groups is 1. The van der Waals surface area contributed by atoms with Crippen LogP contribution >= 0.6 is 0 Å². The van der Waals surface area contributed by atoms with Gasteiger partial charge < -0.3 is 15.5 Å². The third-order valence-electron chi connectivity index (χ3n) is 3.02. The van der Waals surface area contributed by atoms with Crippen molar-refractivity contribution in [3.05, 3.63) is 70.1 Å². The number of rotatable bonds is 5. The molecule has 25 heavy (non-hydrogen) atoms. The Kier molecular flexibility index (Phi) is 5.41. The number of aliphatic hydroxyl groups excluding tert-OH is 1. The lowest BCUT2D eigenvalue weighted by atomic mass is 10.2. The number of nitro benzene ring substituents is 1. The Balaban J connectivity index is 2.22. The van der Waals surface area contributed by atoms with Crippen LogP contribution in [0.4, 0.5) is 17.1 Å². The highest BCUT2D eigenvalue weighted by molar-refractivity contribution is 6.03. The van der Waals surface area contributed by atoms with Gasteiger partial charge in [0.2, 0.25) is 0 Å². The molecule has 2 rings (SSSR count). The number of non-ortho nitro benzene ring substituents is 1. The van der Waals surface area contributed by atoms with E-state index < -0.39 is 16.6 Å². The van der Waals surface area contributed by atoms with E-state index >= 15 is 0 Å². The second kappa shape index (κ2) is 7.68. The Morgan fingerprint density at radius 2 is 1.88 bits per heavy atom. The molecule has 0 aliphatic carbocycles. The number of nitrogens with one attached hydrogen (secondary N) is 1. The number of azo groups is 1. The number of carbonyl (C=O) groups excluding carboxylic acids is 1. The summed E-state index contributed by atoms with van der Waals surface area (Å²) in [5.41, 5.74) is -0.259. The van der Waals surface area contributed by atoms with E-state index in [0.29, 0.717) is 5.69 Å². The van der Waals surface area contributed by atoms with E-state index in [-0.39, 0.29) is 22.8 Å². The van der Waals surface area contributed by atoms with Gasteiger partial charge >= 0.3 is 0 Å². The van der Waals surface area contributed by atoms with Crippen molar-refractivity contribution in [2.75, 3.05) is 5.32 Å². The van der Waals surface area contributed by atoms with Crippen molar-refractivity contribution in [2.24, 2.45) is 10.2 Å². The van der Waals surface area contributed by atoms with Crippen molar-refractivity contribution < 1.29 is 19.9 Å².